The summed E-state index contributed by atoms with van der Waals surface area (Å²) in [5.74, 6) is 3.34. The fourth-order valence-electron chi connectivity index (χ4n) is 10.7. The van der Waals surface area contributed by atoms with Crippen molar-refractivity contribution in [2.24, 2.45) is 50.7 Å². The average molecular weight is 409 g/mol. The van der Waals surface area contributed by atoms with Gasteiger partial charge in [0.2, 0.25) is 0 Å². The van der Waals surface area contributed by atoms with Gasteiger partial charge in [0.15, 0.2) is 0 Å². The predicted octanol–water partition coefficient (Wildman–Crippen LogP) is 8.97. The molecule has 5 aliphatic rings. The van der Waals surface area contributed by atoms with Crippen molar-refractivity contribution in [3.63, 3.8) is 0 Å². The third-order valence-corrected chi connectivity index (χ3v) is 12.4. The summed E-state index contributed by atoms with van der Waals surface area (Å²) in [6, 6.07) is 0. The molecular formula is C30H48. The van der Waals surface area contributed by atoms with Crippen LogP contribution in [0, 0.1) is 50.7 Å². The lowest BCUT2D eigenvalue weighted by Crippen LogP contribution is -2.60. The summed E-state index contributed by atoms with van der Waals surface area (Å²) in [6.07, 6.45) is 18.3. The highest BCUT2D eigenvalue weighted by molar-refractivity contribution is 5.46. The van der Waals surface area contributed by atoms with Crippen LogP contribution >= 0.6 is 0 Å². The van der Waals surface area contributed by atoms with E-state index in [0.29, 0.717) is 27.1 Å². The lowest BCUT2D eigenvalue weighted by atomic mass is 9.36. The zero-order valence-corrected chi connectivity index (χ0v) is 21.3. The number of allylic oxidation sites excluding steroid dienone is 4. The lowest BCUT2D eigenvalue weighted by Gasteiger charge is -2.68. The molecule has 7 atom stereocenters. The molecule has 0 spiro atoms. The van der Waals surface area contributed by atoms with E-state index in [1.807, 2.05) is 5.57 Å². The van der Waals surface area contributed by atoms with Crippen LogP contribution in [0.5, 0.6) is 0 Å². The maximum Gasteiger partial charge on any atom is -0.00157 e. The fourth-order valence-corrected chi connectivity index (χ4v) is 10.7. The SMILES string of the molecule is CC(C)[C@H]1CCC2=C3C=C[C@@H]4[C@@]5(C)CCCC(C)(C)[C@H]5CC[C@@]4(C)[C@]3(C)CC[C@@]21C. The molecule has 0 heteroatoms. The molecule has 5 aliphatic carbocycles. The van der Waals surface area contributed by atoms with Crippen molar-refractivity contribution in [2.75, 3.05) is 0 Å². The van der Waals surface area contributed by atoms with Crippen LogP contribution in [0.2, 0.25) is 0 Å². The third kappa shape index (κ3) is 2.41. The first-order chi connectivity index (χ1) is 13.9. The molecule has 3 saturated carbocycles. The number of rotatable bonds is 1. The van der Waals surface area contributed by atoms with Crippen molar-refractivity contribution in [3.05, 3.63) is 23.3 Å². The Kier molecular flexibility index (Phi) is 4.47. The molecular weight excluding hydrogens is 360 g/mol. The zero-order valence-electron chi connectivity index (χ0n) is 21.3. The van der Waals surface area contributed by atoms with Gasteiger partial charge < -0.3 is 0 Å². The summed E-state index contributed by atoms with van der Waals surface area (Å²) in [7, 11) is 0. The van der Waals surface area contributed by atoms with E-state index >= 15 is 0 Å². The highest BCUT2D eigenvalue weighted by atomic mass is 14.7. The number of hydrogen-bond donors (Lipinski definition) is 0. The van der Waals surface area contributed by atoms with E-state index in [2.05, 4.69) is 67.5 Å². The minimum atomic E-state index is 0.378. The molecule has 3 fully saturated rings. The highest BCUT2D eigenvalue weighted by Gasteiger charge is 2.65. The highest BCUT2D eigenvalue weighted by Crippen LogP contribution is 2.74. The summed E-state index contributed by atoms with van der Waals surface area (Å²) in [5, 5.41) is 0. The Morgan fingerprint density at radius 3 is 2.30 bits per heavy atom. The largest absolute Gasteiger partial charge is 0.0800 e. The van der Waals surface area contributed by atoms with Crippen molar-refractivity contribution < 1.29 is 0 Å². The smallest absolute Gasteiger partial charge is 0.00157 e. The van der Waals surface area contributed by atoms with E-state index in [1.54, 1.807) is 5.57 Å². The molecule has 5 rings (SSSR count). The average Bonchev–Trinajstić information content (AvgIpc) is 2.99. The topological polar surface area (TPSA) is 0 Å². The van der Waals surface area contributed by atoms with Gasteiger partial charge in [-0.15, -0.1) is 0 Å². The Balaban J connectivity index is 1.63. The van der Waals surface area contributed by atoms with E-state index < -0.39 is 0 Å². The molecule has 0 aromatic carbocycles. The fraction of sp³-hybridized carbons (Fsp3) is 0.867. The molecule has 0 aromatic rings. The van der Waals surface area contributed by atoms with E-state index in [4.69, 9.17) is 0 Å². The van der Waals surface area contributed by atoms with E-state index in [9.17, 15) is 0 Å². The molecule has 0 unspecified atom stereocenters. The number of hydrogen-bond acceptors (Lipinski definition) is 0. The maximum absolute atomic E-state index is 2.76. The van der Waals surface area contributed by atoms with Crippen LogP contribution < -0.4 is 0 Å². The first kappa shape index (κ1) is 21.3. The van der Waals surface area contributed by atoms with Crippen LogP contribution in [-0.4, -0.2) is 0 Å². The standard InChI is InChI=1S/C30H48/c1-20(2)21-10-11-22-23-12-13-25-28(6)16-9-15-26(3,4)24(28)14-17-30(25,8)29(23,7)19-18-27(21,22)5/h12-13,20-21,24-25H,9-11,14-19H2,1-8H3/t21-,24-,25-,27-,28+,29-,30-/m1/s1. The Labute approximate surface area is 187 Å². The molecule has 0 radical (unpaired) electrons. The quantitative estimate of drug-likeness (QED) is 0.406. The van der Waals surface area contributed by atoms with Crippen LogP contribution in [-0.2, 0) is 0 Å². The molecule has 168 valence electrons. The van der Waals surface area contributed by atoms with Gasteiger partial charge in [0.25, 0.3) is 0 Å². The molecule has 0 heterocycles. The predicted molar refractivity (Wildman–Crippen MR) is 129 cm³/mol. The van der Waals surface area contributed by atoms with Crippen LogP contribution in [0.1, 0.15) is 113 Å². The van der Waals surface area contributed by atoms with Gasteiger partial charge in [-0.25, -0.2) is 0 Å². The van der Waals surface area contributed by atoms with Crippen LogP contribution in [0.3, 0.4) is 0 Å². The second-order valence-corrected chi connectivity index (χ2v) is 14.2. The second kappa shape index (κ2) is 6.29. The Hall–Kier alpha value is -0.520. The Morgan fingerprint density at radius 1 is 0.867 bits per heavy atom. The first-order valence-electron chi connectivity index (χ1n) is 13.3. The summed E-state index contributed by atoms with van der Waals surface area (Å²) >= 11 is 0. The van der Waals surface area contributed by atoms with Gasteiger partial charge in [-0.05, 0) is 108 Å². The van der Waals surface area contributed by atoms with Crippen LogP contribution in [0.15, 0.2) is 23.3 Å². The molecule has 0 nitrogen and oxygen atoms in total. The van der Waals surface area contributed by atoms with E-state index in [1.165, 1.54) is 57.8 Å². The molecule has 30 heavy (non-hydrogen) atoms. The summed E-state index contributed by atoms with van der Waals surface area (Å²) in [5.41, 5.74) is 5.95. The maximum atomic E-state index is 2.76. The summed E-state index contributed by atoms with van der Waals surface area (Å²) in [4.78, 5) is 0. The van der Waals surface area contributed by atoms with Crippen molar-refractivity contribution in [1.29, 1.82) is 0 Å². The second-order valence-electron chi connectivity index (χ2n) is 14.2. The van der Waals surface area contributed by atoms with Gasteiger partial charge in [0.05, 0.1) is 0 Å². The molecule has 0 aromatic heterocycles. The normalized spacial score (nSPS) is 52.0. The minimum absolute atomic E-state index is 0.378. The van der Waals surface area contributed by atoms with Crippen molar-refractivity contribution in [1.82, 2.24) is 0 Å². The molecule has 0 amide bonds. The monoisotopic (exact) mass is 408 g/mol. The van der Waals surface area contributed by atoms with E-state index in [-0.39, 0.29) is 0 Å². The van der Waals surface area contributed by atoms with Gasteiger partial charge >= 0.3 is 0 Å². The Bertz CT molecular complexity index is 795. The molecule has 0 aliphatic heterocycles. The minimum Gasteiger partial charge on any atom is -0.0800 e. The molecule has 0 saturated heterocycles. The first-order valence-corrected chi connectivity index (χ1v) is 13.3. The Morgan fingerprint density at radius 2 is 1.60 bits per heavy atom. The van der Waals surface area contributed by atoms with Crippen molar-refractivity contribution >= 4 is 0 Å². The lowest BCUT2D eigenvalue weighted by molar-refractivity contribution is -0.150. The van der Waals surface area contributed by atoms with Gasteiger partial charge in [-0.2, -0.15) is 0 Å². The van der Waals surface area contributed by atoms with Gasteiger partial charge in [-0.3, -0.25) is 0 Å². The molecule has 0 N–H and O–H groups in total. The summed E-state index contributed by atoms with van der Waals surface area (Å²) < 4.78 is 0. The van der Waals surface area contributed by atoms with Crippen LogP contribution in [0.25, 0.3) is 0 Å². The van der Waals surface area contributed by atoms with E-state index in [0.717, 1.165) is 23.7 Å². The van der Waals surface area contributed by atoms with Gasteiger partial charge in [0.1, 0.15) is 0 Å². The number of fused-ring (bicyclic) bond motifs is 6. The van der Waals surface area contributed by atoms with Crippen molar-refractivity contribution in [2.45, 2.75) is 113 Å². The zero-order chi connectivity index (χ0) is 21.7. The third-order valence-electron chi connectivity index (χ3n) is 12.4. The van der Waals surface area contributed by atoms with Crippen LogP contribution in [0.4, 0.5) is 0 Å². The molecule has 0 bridgehead atoms. The summed E-state index contributed by atoms with van der Waals surface area (Å²) in [6.45, 7) is 20.9. The van der Waals surface area contributed by atoms with Gasteiger partial charge in [-0.1, -0.05) is 79.5 Å². The van der Waals surface area contributed by atoms with Gasteiger partial charge in [0, 0.05) is 0 Å². The van der Waals surface area contributed by atoms with Crippen molar-refractivity contribution in [3.8, 4) is 0 Å².